The molecule has 0 bridgehead atoms. The summed E-state index contributed by atoms with van der Waals surface area (Å²) >= 11 is 2.77. The van der Waals surface area contributed by atoms with Crippen molar-refractivity contribution < 1.29 is 13.2 Å². The number of hydrogen-bond acceptors (Lipinski definition) is 5. The van der Waals surface area contributed by atoms with Crippen LogP contribution in [-0.4, -0.2) is 26.9 Å². The van der Waals surface area contributed by atoms with Crippen molar-refractivity contribution >= 4 is 38.6 Å². The highest BCUT2D eigenvalue weighted by Crippen LogP contribution is 2.17. The molecule has 0 spiro atoms. The molecule has 0 radical (unpaired) electrons. The van der Waals surface area contributed by atoms with Gasteiger partial charge in [0.1, 0.15) is 10.3 Å². The molecule has 8 heteroatoms. The van der Waals surface area contributed by atoms with Gasteiger partial charge in [-0.3, -0.25) is 4.79 Å². The van der Waals surface area contributed by atoms with Crippen LogP contribution >= 0.6 is 22.7 Å². The van der Waals surface area contributed by atoms with Gasteiger partial charge in [0.15, 0.2) is 0 Å². The van der Waals surface area contributed by atoms with Crippen molar-refractivity contribution in [1.29, 1.82) is 0 Å². The fraction of sp³-hybridized carbons (Fsp3) is 0.400. The van der Waals surface area contributed by atoms with Crippen molar-refractivity contribution in [3.05, 3.63) is 39.9 Å². The van der Waals surface area contributed by atoms with E-state index in [0.717, 1.165) is 17.8 Å². The molecule has 5 nitrogen and oxygen atoms in total. The standard InChI is InChI=1S/C15H20N2O3S3/c1-11(2)14(17-23(19,20)13-6-4-10-22-13)15(18)16-8-7-12-5-3-9-21-12/h3-6,9-11,14,17H,7-8H2,1-2H3,(H,16,18)/t14-/m0/s1. The Morgan fingerprint density at radius 3 is 2.43 bits per heavy atom. The quantitative estimate of drug-likeness (QED) is 0.747. The van der Waals surface area contributed by atoms with Crippen molar-refractivity contribution in [2.75, 3.05) is 6.54 Å². The Balaban J connectivity index is 1.96. The molecule has 2 rings (SSSR count). The molecule has 0 aliphatic heterocycles. The molecule has 1 amide bonds. The van der Waals surface area contributed by atoms with Gasteiger partial charge in [0.2, 0.25) is 5.91 Å². The zero-order valence-corrected chi connectivity index (χ0v) is 15.4. The average molecular weight is 373 g/mol. The van der Waals surface area contributed by atoms with E-state index in [-0.39, 0.29) is 16.0 Å². The number of carbonyl (C=O) groups is 1. The normalized spacial score (nSPS) is 13.2. The van der Waals surface area contributed by atoms with E-state index in [1.807, 2.05) is 31.4 Å². The lowest BCUT2D eigenvalue weighted by atomic mass is 10.1. The van der Waals surface area contributed by atoms with Crippen LogP contribution in [0, 0.1) is 5.92 Å². The Morgan fingerprint density at radius 2 is 1.87 bits per heavy atom. The van der Waals surface area contributed by atoms with Crippen LogP contribution in [0.15, 0.2) is 39.2 Å². The van der Waals surface area contributed by atoms with E-state index in [2.05, 4.69) is 10.0 Å². The molecule has 0 aliphatic rings. The fourth-order valence-electron chi connectivity index (χ4n) is 2.01. The van der Waals surface area contributed by atoms with Crippen molar-refractivity contribution in [1.82, 2.24) is 10.0 Å². The largest absolute Gasteiger partial charge is 0.354 e. The van der Waals surface area contributed by atoms with E-state index in [9.17, 15) is 13.2 Å². The maximum Gasteiger partial charge on any atom is 0.250 e. The van der Waals surface area contributed by atoms with Crippen LogP contribution in [0.3, 0.4) is 0 Å². The van der Waals surface area contributed by atoms with Gasteiger partial charge in [0.05, 0.1) is 0 Å². The van der Waals surface area contributed by atoms with Crippen LogP contribution in [0.4, 0.5) is 0 Å². The minimum absolute atomic E-state index is 0.147. The molecule has 2 heterocycles. The summed E-state index contributed by atoms with van der Waals surface area (Å²) in [4.78, 5) is 13.5. The summed E-state index contributed by atoms with van der Waals surface area (Å²) in [7, 11) is -3.66. The molecule has 0 aliphatic carbocycles. The molecule has 2 aromatic heterocycles. The van der Waals surface area contributed by atoms with Crippen molar-refractivity contribution in [2.45, 2.75) is 30.5 Å². The Bertz CT molecular complexity index is 707. The lowest BCUT2D eigenvalue weighted by Gasteiger charge is -2.21. The van der Waals surface area contributed by atoms with Gasteiger partial charge in [-0.1, -0.05) is 26.0 Å². The smallest absolute Gasteiger partial charge is 0.250 e. The highest BCUT2D eigenvalue weighted by atomic mass is 32.2. The van der Waals surface area contributed by atoms with Gasteiger partial charge in [0, 0.05) is 11.4 Å². The average Bonchev–Trinajstić information content (AvgIpc) is 3.17. The summed E-state index contributed by atoms with van der Waals surface area (Å²) in [6.45, 7) is 4.13. The number of sulfonamides is 1. The second kappa shape index (κ2) is 8.05. The summed E-state index contributed by atoms with van der Waals surface area (Å²) in [6, 6.07) is 6.39. The maximum absolute atomic E-state index is 12.3. The van der Waals surface area contributed by atoms with Crippen LogP contribution < -0.4 is 10.0 Å². The maximum atomic E-state index is 12.3. The monoisotopic (exact) mass is 372 g/mol. The minimum atomic E-state index is -3.66. The van der Waals surface area contributed by atoms with Crippen LogP contribution in [0.5, 0.6) is 0 Å². The molecule has 1 atom stereocenters. The van der Waals surface area contributed by atoms with E-state index in [1.54, 1.807) is 22.8 Å². The molecule has 126 valence electrons. The number of amides is 1. The van der Waals surface area contributed by atoms with Crippen LogP contribution in [0.1, 0.15) is 18.7 Å². The summed E-state index contributed by atoms with van der Waals surface area (Å²) in [5.41, 5.74) is 0. The predicted octanol–water partition coefficient (Wildman–Crippen LogP) is 2.47. The third-order valence-corrected chi connectivity index (χ3v) is 7.02. The minimum Gasteiger partial charge on any atom is -0.354 e. The number of carbonyl (C=O) groups excluding carboxylic acids is 1. The van der Waals surface area contributed by atoms with E-state index in [1.165, 1.54) is 10.9 Å². The predicted molar refractivity (Wildman–Crippen MR) is 94.3 cm³/mol. The number of hydrogen-bond donors (Lipinski definition) is 2. The van der Waals surface area contributed by atoms with Crippen LogP contribution in [0.2, 0.25) is 0 Å². The Kier molecular flexibility index (Phi) is 6.34. The summed E-state index contributed by atoms with van der Waals surface area (Å²) in [5.74, 6) is -0.442. The molecule has 0 saturated heterocycles. The topological polar surface area (TPSA) is 75.3 Å². The summed E-state index contributed by atoms with van der Waals surface area (Å²) in [5, 5.41) is 6.50. The summed E-state index contributed by atoms with van der Waals surface area (Å²) < 4.78 is 27.3. The van der Waals surface area contributed by atoms with Gasteiger partial charge in [-0.25, -0.2) is 8.42 Å². The zero-order chi connectivity index (χ0) is 16.9. The van der Waals surface area contributed by atoms with Gasteiger partial charge in [-0.15, -0.1) is 22.7 Å². The second-order valence-corrected chi connectivity index (χ2v) is 9.32. The van der Waals surface area contributed by atoms with Crippen LogP contribution in [-0.2, 0) is 21.2 Å². The number of rotatable bonds is 8. The van der Waals surface area contributed by atoms with Gasteiger partial charge < -0.3 is 5.32 Å². The first-order chi connectivity index (χ1) is 10.9. The number of nitrogens with one attached hydrogen (secondary N) is 2. The van der Waals surface area contributed by atoms with Gasteiger partial charge in [0.25, 0.3) is 10.0 Å². The molecule has 23 heavy (non-hydrogen) atoms. The lowest BCUT2D eigenvalue weighted by molar-refractivity contribution is -0.123. The zero-order valence-electron chi connectivity index (χ0n) is 13.0. The third kappa shape index (κ3) is 5.13. The molecule has 0 saturated carbocycles. The van der Waals surface area contributed by atoms with E-state index >= 15 is 0 Å². The highest BCUT2D eigenvalue weighted by Gasteiger charge is 2.28. The molecular weight excluding hydrogens is 352 g/mol. The Labute approximate surface area is 144 Å². The second-order valence-electron chi connectivity index (χ2n) is 5.40. The molecule has 0 fully saturated rings. The lowest BCUT2D eigenvalue weighted by Crippen LogP contribution is -2.49. The molecule has 2 N–H and O–H groups in total. The number of thiophene rings is 2. The van der Waals surface area contributed by atoms with E-state index in [0.29, 0.717) is 6.54 Å². The van der Waals surface area contributed by atoms with E-state index in [4.69, 9.17) is 0 Å². The summed E-state index contributed by atoms with van der Waals surface area (Å²) in [6.07, 6.45) is 0.742. The molecule has 2 aromatic rings. The van der Waals surface area contributed by atoms with Crippen molar-refractivity contribution in [2.24, 2.45) is 5.92 Å². The van der Waals surface area contributed by atoms with Crippen molar-refractivity contribution in [3.63, 3.8) is 0 Å². The highest BCUT2D eigenvalue weighted by molar-refractivity contribution is 7.91. The van der Waals surface area contributed by atoms with Crippen LogP contribution in [0.25, 0.3) is 0 Å². The third-order valence-electron chi connectivity index (χ3n) is 3.24. The van der Waals surface area contributed by atoms with Gasteiger partial charge in [-0.2, -0.15) is 4.72 Å². The van der Waals surface area contributed by atoms with Crippen molar-refractivity contribution in [3.8, 4) is 0 Å². The first kappa shape index (κ1) is 18.1. The first-order valence-corrected chi connectivity index (χ1v) is 10.5. The SMILES string of the molecule is CC(C)[C@H](NS(=O)(=O)c1cccs1)C(=O)NCCc1cccs1. The molecule has 0 unspecified atom stereocenters. The van der Waals surface area contributed by atoms with Gasteiger partial charge in [-0.05, 0) is 35.2 Å². The Morgan fingerprint density at radius 1 is 1.17 bits per heavy atom. The molecular formula is C15H20N2O3S3. The molecule has 0 aromatic carbocycles. The Hall–Kier alpha value is -1.22. The first-order valence-electron chi connectivity index (χ1n) is 7.26. The van der Waals surface area contributed by atoms with Gasteiger partial charge >= 0.3 is 0 Å². The fourth-order valence-corrected chi connectivity index (χ4v) is 5.07. The van der Waals surface area contributed by atoms with E-state index < -0.39 is 16.1 Å².